The van der Waals surface area contributed by atoms with Gasteiger partial charge in [0.05, 0.1) is 12.8 Å². The minimum absolute atomic E-state index is 0.726. The topological polar surface area (TPSA) is 66.1 Å². The highest BCUT2D eigenvalue weighted by atomic mass is 16.5. The number of aryl methyl sites for hydroxylation is 2. The number of ether oxygens (including phenoxy) is 1. The van der Waals surface area contributed by atoms with E-state index in [0.717, 1.165) is 68.9 Å². The molecule has 0 radical (unpaired) electrons. The molecular formula is C21H31N5O2. The molecule has 0 bridgehead atoms. The van der Waals surface area contributed by atoms with Crippen LogP contribution in [-0.4, -0.2) is 62.4 Å². The summed E-state index contributed by atoms with van der Waals surface area (Å²) in [4.78, 5) is 9.59. The monoisotopic (exact) mass is 385 g/mol. The maximum Gasteiger partial charge on any atom is 0.194 e. The highest BCUT2D eigenvalue weighted by Gasteiger charge is 2.20. The first kappa shape index (κ1) is 20.0. The molecule has 1 aromatic carbocycles. The van der Waals surface area contributed by atoms with Crippen molar-refractivity contribution in [2.45, 2.75) is 27.2 Å². The maximum atomic E-state index is 5.25. The third-order valence-electron chi connectivity index (χ3n) is 5.16. The van der Waals surface area contributed by atoms with Crippen LogP contribution in [0.5, 0.6) is 5.75 Å². The number of nitrogens with one attached hydrogen (secondary N) is 1. The molecule has 0 amide bonds. The summed E-state index contributed by atoms with van der Waals surface area (Å²) in [6.45, 7) is 11.5. The van der Waals surface area contributed by atoms with Gasteiger partial charge in [-0.1, -0.05) is 5.16 Å². The Hall–Kier alpha value is -2.70. The fourth-order valence-electron chi connectivity index (χ4n) is 3.53. The lowest BCUT2D eigenvalue weighted by atomic mass is 10.1. The quantitative estimate of drug-likeness (QED) is 0.609. The van der Waals surface area contributed by atoms with E-state index >= 15 is 0 Å². The molecule has 3 rings (SSSR count). The van der Waals surface area contributed by atoms with Crippen LogP contribution in [0.3, 0.4) is 0 Å². The molecule has 2 heterocycles. The number of piperazine rings is 1. The molecule has 0 aliphatic carbocycles. The van der Waals surface area contributed by atoms with Gasteiger partial charge in [0.1, 0.15) is 11.5 Å². The second-order valence-corrected chi connectivity index (χ2v) is 6.96. The highest BCUT2D eigenvalue weighted by molar-refractivity contribution is 5.80. The number of aliphatic imine (C=N–C) groups is 1. The molecule has 0 atom stereocenters. The smallest absolute Gasteiger partial charge is 0.194 e. The van der Waals surface area contributed by atoms with E-state index in [1.165, 1.54) is 11.3 Å². The first-order valence-corrected chi connectivity index (χ1v) is 9.96. The first-order chi connectivity index (χ1) is 13.6. The zero-order valence-electron chi connectivity index (χ0n) is 17.4. The number of methoxy groups -OCH3 is 1. The third-order valence-corrected chi connectivity index (χ3v) is 5.16. The van der Waals surface area contributed by atoms with Crippen molar-refractivity contribution in [1.29, 1.82) is 0 Å². The summed E-state index contributed by atoms with van der Waals surface area (Å²) in [6.07, 6.45) is 0.849. The first-order valence-electron chi connectivity index (χ1n) is 9.96. The van der Waals surface area contributed by atoms with Crippen molar-refractivity contribution in [3.8, 4) is 5.75 Å². The van der Waals surface area contributed by atoms with Crippen molar-refractivity contribution in [3.05, 3.63) is 41.3 Å². The van der Waals surface area contributed by atoms with Crippen LogP contribution in [0, 0.1) is 13.8 Å². The molecule has 7 nitrogen and oxygen atoms in total. The minimum atomic E-state index is 0.726. The molecule has 1 aromatic heterocycles. The van der Waals surface area contributed by atoms with Crippen molar-refractivity contribution in [3.63, 3.8) is 0 Å². The van der Waals surface area contributed by atoms with Crippen molar-refractivity contribution in [1.82, 2.24) is 15.4 Å². The number of nitrogens with zero attached hydrogens (tertiary/aromatic N) is 4. The summed E-state index contributed by atoms with van der Waals surface area (Å²) >= 11 is 0. The van der Waals surface area contributed by atoms with E-state index in [4.69, 9.17) is 14.3 Å². The molecule has 1 N–H and O–H groups in total. The fourth-order valence-corrected chi connectivity index (χ4v) is 3.53. The van der Waals surface area contributed by atoms with E-state index < -0.39 is 0 Å². The third kappa shape index (κ3) is 4.77. The standard InChI is InChI=1S/C21H31N5O2/c1-5-22-21(23-11-10-20-16(2)24-28-17(20)3)26-14-12-25(13-15-26)18-6-8-19(27-4)9-7-18/h6-9H,5,10-15H2,1-4H3,(H,22,23). The molecule has 1 aliphatic rings. The van der Waals surface area contributed by atoms with E-state index in [2.05, 4.69) is 39.3 Å². The van der Waals surface area contributed by atoms with Crippen LogP contribution in [-0.2, 0) is 6.42 Å². The predicted octanol–water partition coefficient (Wildman–Crippen LogP) is 2.63. The van der Waals surface area contributed by atoms with Crippen molar-refractivity contribution < 1.29 is 9.26 Å². The lowest BCUT2D eigenvalue weighted by Crippen LogP contribution is -2.52. The number of aromatic nitrogens is 1. The number of guanidine groups is 1. The molecule has 1 aliphatic heterocycles. The second kappa shape index (κ2) is 9.48. The summed E-state index contributed by atoms with van der Waals surface area (Å²) in [5.41, 5.74) is 3.37. The van der Waals surface area contributed by atoms with Crippen LogP contribution in [0.4, 0.5) is 5.69 Å². The molecule has 0 unspecified atom stereocenters. The Morgan fingerprint density at radius 1 is 1.18 bits per heavy atom. The van der Waals surface area contributed by atoms with Gasteiger partial charge in [0.25, 0.3) is 0 Å². The van der Waals surface area contributed by atoms with Gasteiger partial charge < -0.3 is 24.4 Å². The summed E-state index contributed by atoms with van der Waals surface area (Å²) < 4.78 is 10.5. The molecule has 28 heavy (non-hydrogen) atoms. The summed E-state index contributed by atoms with van der Waals surface area (Å²) in [5.74, 6) is 2.77. The van der Waals surface area contributed by atoms with E-state index in [9.17, 15) is 0 Å². The second-order valence-electron chi connectivity index (χ2n) is 6.96. The van der Waals surface area contributed by atoms with Crippen molar-refractivity contribution >= 4 is 11.6 Å². The number of benzene rings is 1. The number of hydrogen-bond donors (Lipinski definition) is 1. The van der Waals surface area contributed by atoms with Crippen LogP contribution in [0.2, 0.25) is 0 Å². The van der Waals surface area contributed by atoms with Gasteiger partial charge in [-0.25, -0.2) is 0 Å². The summed E-state index contributed by atoms with van der Waals surface area (Å²) in [7, 11) is 1.70. The Morgan fingerprint density at radius 2 is 1.89 bits per heavy atom. The lowest BCUT2D eigenvalue weighted by Gasteiger charge is -2.37. The maximum absolute atomic E-state index is 5.25. The fraction of sp³-hybridized carbons (Fsp3) is 0.524. The van der Waals surface area contributed by atoms with Gasteiger partial charge in [0.2, 0.25) is 0 Å². The number of hydrogen-bond acceptors (Lipinski definition) is 5. The van der Waals surface area contributed by atoms with Gasteiger partial charge in [-0.3, -0.25) is 4.99 Å². The van der Waals surface area contributed by atoms with Crippen molar-refractivity contribution in [2.24, 2.45) is 4.99 Å². The Bertz CT molecular complexity index is 757. The SMILES string of the molecule is CCNC(=NCCc1c(C)noc1C)N1CCN(c2ccc(OC)cc2)CC1. The Balaban J connectivity index is 1.57. The Morgan fingerprint density at radius 3 is 2.46 bits per heavy atom. The summed E-state index contributed by atoms with van der Waals surface area (Å²) in [5, 5.41) is 7.46. The lowest BCUT2D eigenvalue weighted by molar-refractivity contribution is 0.372. The Labute approximate surface area is 167 Å². The van der Waals surface area contributed by atoms with E-state index in [0.29, 0.717) is 0 Å². The normalized spacial score (nSPS) is 15.1. The predicted molar refractivity (Wildman–Crippen MR) is 112 cm³/mol. The molecule has 0 saturated carbocycles. The average Bonchev–Trinajstić information content (AvgIpc) is 3.05. The highest BCUT2D eigenvalue weighted by Crippen LogP contribution is 2.20. The van der Waals surface area contributed by atoms with Gasteiger partial charge in [-0.15, -0.1) is 0 Å². The molecule has 7 heteroatoms. The average molecular weight is 386 g/mol. The molecule has 152 valence electrons. The van der Waals surface area contributed by atoms with Crippen molar-refractivity contribution in [2.75, 3.05) is 51.3 Å². The zero-order valence-corrected chi connectivity index (χ0v) is 17.4. The zero-order chi connectivity index (χ0) is 19.9. The van der Waals surface area contributed by atoms with Crippen LogP contribution in [0.15, 0.2) is 33.8 Å². The Kier molecular flexibility index (Phi) is 6.79. The molecule has 0 spiro atoms. The largest absolute Gasteiger partial charge is 0.497 e. The number of anilines is 1. The van der Waals surface area contributed by atoms with Gasteiger partial charge in [-0.2, -0.15) is 0 Å². The van der Waals surface area contributed by atoms with E-state index in [1.807, 2.05) is 26.0 Å². The van der Waals surface area contributed by atoms with Crippen LogP contribution >= 0.6 is 0 Å². The van der Waals surface area contributed by atoms with E-state index in [1.54, 1.807) is 7.11 Å². The van der Waals surface area contributed by atoms with Crippen LogP contribution < -0.4 is 15.0 Å². The van der Waals surface area contributed by atoms with Gasteiger partial charge in [0, 0.05) is 50.5 Å². The van der Waals surface area contributed by atoms with Gasteiger partial charge in [0.15, 0.2) is 5.96 Å². The molecule has 1 fully saturated rings. The number of rotatable bonds is 6. The van der Waals surface area contributed by atoms with Gasteiger partial charge in [-0.05, 0) is 51.5 Å². The van der Waals surface area contributed by atoms with Crippen LogP contribution in [0.1, 0.15) is 23.9 Å². The summed E-state index contributed by atoms with van der Waals surface area (Å²) in [6, 6.07) is 8.28. The molecule has 2 aromatic rings. The van der Waals surface area contributed by atoms with Gasteiger partial charge >= 0.3 is 0 Å². The molecular weight excluding hydrogens is 354 g/mol. The van der Waals surface area contributed by atoms with Crippen LogP contribution in [0.25, 0.3) is 0 Å². The molecule has 1 saturated heterocycles. The minimum Gasteiger partial charge on any atom is -0.497 e. The van der Waals surface area contributed by atoms with E-state index in [-0.39, 0.29) is 0 Å².